The molecule has 1 amide bonds. The van der Waals surface area contributed by atoms with E-state index >= 15 is 0 Å². The molecule has 0 unspecified atom stereocenters. The van der Waals surface area contributed by atoms with E-state index in [-0.39, 0.29) is 11.5 Å². The molecule has 1 aliphatic heterocycles. The monoisotopic (exact) mass is 437 g/mol. The lowest BCUT2D eigenvalue weighted by atomic mass is 10.0. The SMILES string of the molecule is CC(=O)Nc1cc(C(F)(F)F)ccc1-c1nnc(N)cc1C.CC(C)N1CCCCC1. The minimum absolute atomic E-state index is 0.0181. The van der Waals surface area contributed by atoms with E-state index in [1.807, 2.05) is 0 Å². The van der Waals surface area contributed by atoms with Crippen LogP contribution in [0.15, 0.2) is 24.3 Å². The van der Waals surface area contributed by atoms with Crippen molar-refractivity contribution in [2.45, 2.75) is 59.2 Å². The number of rotatable bonds is 3. The number of nitrogen functional groups attached to an aromatic ring is 1. The third-order valence-electron chi connectivity index (χ3n) is 5.04. The summed E-state index contributed by atoms with van der Waals surface area (Å²) in [6.07, 6.45) is -0.229. The van der Waals surface area contributed by atoms with Gasteiger partial charge in [0, 0.05) is 18.5 Å². The second-order valence-electron chi connectivity index (χ2n) is 7.93. The number of nitrogens with two attached hydrogens (primary N) is 1. The summed E-state index contributed by atoms with van der Waals surface area (Å²) in [6, 6.07) is 5.37. The molecule has 170 valence electrons. The highest BCUT2D eigenvalue weighted by atomic mass is 19.4. The molecule has 2 aromatic rings. The van der Waals surface area contributed by atoms with Gasteiger partial charge in [0.25, 0.3) is 0 Å². The number of carbonyl (C=O) groups excluding carboxylic acids is 1. The molecular weight excluding hydrogens is 407 g/mol. The fraction of sp³-hybridized carbons (Fsp3) is 0.500. The quantitative estimate of drug-likeness (QED) is 0.714. The zero-order valence-corrected chi connectivity index (χ0v) is 18.4. The van der Waals surface area contributed by atoms with Gasteiger partial charge in [0.2, 0.25) is 5.91 Å². The van der Waals surface area contributed by atoms with Gasteiger partial charge in [-0.2, -0.15) is 13.2 Å². The van der Waals surface area contributed by atoms with Crippen molar-refractivity contribution in [1.82, 2.24) is 15.1 Å². The van der Waals surface area contributed by atoms with Gasteiger partial charge in [0.05, 0.1) is 16.9 Å². The fourth-order valence-corrected chi connectivity index (χ4v) is 3.43. The van der Waals surface area contributed by atoms with Gasteiger partial charge < -0.3 is 16.0 Å². The van der Waals surface area contributed by atoms with Crippen molar-refractivity contribution in [1.29, 1.82) is 0 Å². The zero-order chi connectivity index (χ0) is 23.2. The van der Waals surface area contributed by atoms with Gasteiger partial charge in [-0.3, -0.25) is 4.79 Å². The molecule has 6 nitrogen and oxygen atoms in total. The summed E-state index contributed by atoms with van der Waals surface area (Å²) in [6.45, 7) is 10.1. The number of amides is 1. The smallest absolute Gasteiger partial charge is 0.382 e. The van der Waals surface area contributed by atoms with Crippen molar-refractivity contribution in [2.75, 3.05) is 24.1 Å². The molecular formula is C22H30F3N5O. The fourth-order valence-electron chi connectivity index (χ4n) is 3.43. The number of benzene rings is 1. The Bertz CT molecular complexity index is 893. The van der Waals surface area contributed by atoms with Crippen LogP contribution >= 0.6 is 0 Å². The maximum atomic E-state index is 12.8. The number of carbonyl (C=O) groups is 1. The first kappa shape index (κ1) is 24.6. The minimum atomic E-state index is -4.51. The third-order valence-corrected chi connectivity index (χ3v) is 5.04. The average Bonchev–Trinajstić information content (AvgIpc) is 2.68. The van der Waals surface area contributed by atoms with Crippen LogP contribution in [0.25, 0.3) is 11.3 Å². The first-order valence-corrected chi connectivity index (χ1v) is 10.3. The van der Waals surface area contributed by atoms with Crippen molar-refractivity contribution in [2.24, 2.45) is 0 Å². The van der Waals surface area contributed by atoms with Gasteiger partial charge in [0.15, 0.2) is 0 Å². The van der Waals surface area contributed by atoms with Gasteiger partial charge in [-0.05, 0) is 70.5 Å². The number of alkyl halides is 3. The first-order chi connectivity index (χ1) is 14.5. The second-order valence-corrected chi connectivity index (χ2v) is 7.93. The topological polar surface area (TPSA) is 84.1 Å². The van der Waals surface area contributed by atoms with Gasteiger partial charge in [-0.15, -0.1) is 10.2 Å². The van der Waals surface area contributed by atoms with Gasteiger partial charge in [0.1, 0.15) is 5.82 Å². The van der Waals surface area contributed by atoms with Gasteiger partial charge >= 0.3 is 6.18 Å². The van der Waals surface area contributed by atoms with Crippen LogP contribution in [-0.4, -0.2) is 40.1 Å². The molecule has 1 aliphatic rings. The Morgan fingerprint density at radius 1 is 1.13 bits per heavy atom. The highest BCUT2D eigenvalue weighted by Gasteiger charge is 2.31. The Balaban J connectivity index is 0.000000316. The van der Waals surface area contributed by atoms with E-state index in [0.717, 1.165) is 18.2 Å². The number of piperidine rings is 1. The number of nitrogens with zero attached hydrogens (tertiary/aromatic N) is 3. The Hall–Kier alpha value is -2.68. The van der Waals surface area contributed by atoms with Crippen LogP contribution in [0.3, 0.4) is 0 Å². The maximum Gasteiger partial charge on any atom is 0.416 e. The summed E-state index contributed by atoms with van der Waals surface area (Å²) in [5.41, 5.74) is 6.00. The van der Waals surface area contributed by atoms with E-state index in [1.54, 1.807) is 13.0 Å². The molecule has 1 saturated heterocycles. The summed E-state index contributed by atoms with van der Waals surface area (Å²) in [5.74, 6) is -0.282. The van der Waals surface area contributed by atoms with Gasteiger partial charge in [-0.1, -0.05) is 12.5 Å². The summed E-state index contributed by atoms with van der Waals surface area (Å²) >= 11 is 0. The second kappa shape index (κ2) is 10.6. The van der Waals surface area contributed by atoms with Crippen LogP contribution in [0.4, 0.5) is 24.7 Å². The molecule has 1 aromatic carbocycles. The van der Waals surface area contributed by atoms with Crippen molar-refractivity contribution in [3.63, 3.8) is 0 Å². The predicted octanol–water partition coefficient (Wildman–Crippen LogP) is 4.89. The van der Waals surface area contributed by atoms with Crippen LogP contribution in [0.2, 0.25) is 0 Å². The molecule has 0 bridgehead atoms. The van der Waals surface area contributed by atoms with Crippen molar-refractivity contribution >= 4 is 17.4 Å². The molecule has 0 spiro atoms. The van der Waals surface area contributed by atoms with Gasteiger partial charge in [-0.25, -0.2) is 0 Å². The Morgan fingerprint density at radius 3 is 2.26 bits per heavy atom. The third kappa shape index (κ3) is 7.20. The first-order valence-electron chi connectivity index (χ1n) is 10.3. The molecule has 1 fully saturated rings. The van der Waals surface area contributed by atoms with Crippen LogP contribution in [0.5, 0.6) is 0 Å². The lowest BCUT2D eigenvalue weighted by molar-refractivity contribution is -0.137. The number of likely N-dealkylation sites (tertiary alicyclic amines) is 1. The average molecular weight is 438 g/mol. The summed E-state index contributed by atoms with van der Waals surface area (Å²) < 4.78 is 38.4. The molecule has 2 heterocycles. The summed E-state index contributed by atoms with van der Waals surface area (Å²) in [4.78, 5) is 13.8. The number of halogens is 3. The normalized spacial score (nSPS) is 14.7. The van der Waals surface area contributed by atoms with Crippen molar-refractivity contribution in [3.05, 3.63) is 35.4 Å². The maximum absolute atomic E-state index is 12.8. The minimum Gasteiger partial charge on any atom is -0.382 e. The lowest BCUT2D eigenvalue weighted by Gasteiger charge is -2.29. The van der Waals surface area contributed by atoms with E-state index in [9.17, 15) is 18.0 Å². The lowest BCUT2D eigenvalue weighted by Crippen LogP contribution is -2.35. The highest BCUT2D eigenvalue weighted by molar-refractivity contribution is 5.94. The number of aromatic nitrogens is 2. The number of anilines is 2. The number of aryl methyl sites for hydroxylation is 1. The zero-order valence-electron chi connectivity index (χ0n) is 18.4. The van der Waals surface area contributed by atoms with Crippen LogP contribution in [0, 0.1) is 6.92 Å². The Labute approximate surface area is 181 Å². The van der Waals surface area contributed by atoms with Crippen molar-refractivity contribution < 1.29 is 18.0 Å². The molecule has 0 radical (unpaired) electrons. The summed E-state index contributed by atoms with van der Waals surface area (Å²) in [5, 5.41) is 9.99. The standard InChI is InChI=1S/C14H13F3N4O.C8H17N/c1-7-5-12(18)20-21-13(7)10-4-3-9(14(15,16)17)6-11(10)19-8(2)22;1-8(2)9-6-4-3-5-7-9/h3-6H,1-2H3,(H2,18,20)(H,19,22);8H,3-7H2,1-2H3. The van der Waals surface area contributed by atoms with Crippen LogP contribution < -0.4 is 11.1 Å². The molecule has 0 aliphatic carbocycles. The van der Waals surface area contributed by atoms with E-state index < -0.39 is 17.6 Å². The molecule has 31 heavy (non-hydrogen) atoms. The van der Waals surface area contributed by atoms with Crippen LogP contribution in [-0.2, 0) is 11.0 Å². The van der Waals surface area contributed by atoms with E-state index in [1.165, 1.54) is 45.3 Å². The van der Waals surface area contributed by atoms with Crippen molar-refractivity contribution in [3.8, 4) is 11.3 Å². The highest BCUT2D eigenvalue weighted by Crippen LogP contribution is 2.36. The Kier molecular flexibility index (Phi) is 8.38. The van der Waals surface area contributed by atoms with E-state index in [4.69, 9.17) is 5.73 Å². The van der Waals surface area contributed by atoms with Crippen LogP contribution in [0.1, 0.15) is 51.2 Å². The van der Waals surface area contributed by atoms with E-state index in [2.05, 4.69) is 34.3 Å². The molecule has 0 saturated carbocycles. The molecule has 9 heteroatoms. The van der Waals surface area contributed by atoms with E-state index in [0.29, 0.717) is 16.8 Å². The predicted molar refractivity (Wildman–Crippen MR) is 116 cm³/mol. The Morgan fingerprint density at radius 2 is 1.77 bits per heavy atom. The summed E-state index contributed by atoms with van der Waals surface area (Å²) in [7, 11) is 0. The largest absolute Gasteiger partial charge is 0.416 e. The number of hydrogen-bond acceptors (Lipinski definition) is 5. The number of hydrogen-bond donors (Lipinski definition) is 2. The molecule has 1 aromatic heterocycles. The molecule has 3 rings (SSSR count). The molecule has 0 atom stereocenters. The molecule has 3 N–H and O–H groups in total. The number of nitrogens with one attached hydrogen (secondary N) is 1.